The van der Waals surface area contributed by atoms with Gasteiger partial charge in [0.15, 0.2) is 0 Å². The van der Waals surface area contributed by atoms with Crippen molar-refractivity contribution in [3.05, 3.63) is 46.8 Å². The third-order valence-corrected chi connectivity index (χ3v) is 3.91. The van der Waals surface area contributed by atoms with Gasteiger partial charge >= 0.3 is 0 Å². The van der Waals surface area contributed by atoms with E-state index in [0.717, 1.165) is 17.9 Å². The maximum atomic E-state index is 5.31. The maximum absolute atomic E-state index is 5.31. The highest BCUT2D eigenvalue weighted by atomic mass is 16.5. The van der Waals surface area contributed by atoms with Gasteiger partial charge in [0.25, 0.3) is 0 Å². The molecule has 0 spiro atoms. The fourth-order valence-electron chi connectivity index (χ4n) is 2.56. The maximum Gasteiger partial charge on any atom is 0.119 e. The van der Waals surface area contributed by atoms with Gasteiger partial charge in [-0.05, 0) is 50.6 Å². The first-order chi connectivity index (χ1) is 9.56. The van der Waals surface area contributed by atoms with Gasteiger partial charge in [0.2, 0.25) is 0 Å². The molecular formula is C16H23N3O. The number of hydrogen-bond acceptors (Lipinski definition) is 3. The van der Waals surface area contributed by atoms with Crippen molar-refractivity contribution >= 4 is 0 Å². The number of aromatic nitrogens is 2. The van der Waals surface area contributed by atoms with Crippen LogP contribution >= 0.6 is 0 Å². The molecule has 4 nitrogen and oxygen atoms in total. The van der Waals surface area contributed by atoms with Gasteiger partial charge in [-0.1, -0.05) is 12.1 Å². The highest BCUT2D eigenvalue weighted by Crippen LogP contribution is 2.24. The van der Waals surface area contributed by atoms with Gasteiger partial charge in [-0.2, -0.15) is 5.10 Å². The van der Waals surface area contributed by atoms with Crippen molar-refractivity contribution in [2.24, 2.45) is 7.05 Å². The Morgan fingerprint density at radius 1 is 1.35 bits per heavy atom. The second-order valence-corrected chi connectivity index (χ2v) is 5.09. The second-order valence-electron chi connectivity index (χ2n) is 5.09. The third-order valence-electron chi connectivity index (χ3n) is 3.91. The molecule has 0 aliphatic carbocycles. The van der Waals surface area contributed by atoms with E-state index in [4.69, 9.17) is 4.74 Å². The van der Waals surface area contributed by atoms with Crippen molar-refractivity contribution < 1.29 is 4.74 Å². The van der Waals surface area contributed by atoms with E-state index in [1.807, 2.05) is 30.9 Å². The Morgan fingerprint density at radius 2 is 2.10 bits per heavy atom. The highest BCUT2D eigenvalue weighted by molar-refractivity contribution is 5.33. The predicted molar refractivity (Wildman–Crippen MR) is 81.2 cm³/mol. The van der Waals surface area contributed by atoms with Gasteiger partial charge in [-0.3, -0.25) is 4.68 Å². The molecule has 1 atom stereocenters. The lowest BCUT2D eigenvalue weighted by Crippen LogP contribution is -2.19. The molecule has 4 heteroatoms. The van der Waals surface area contributed by atoms with Gasteiger partial charge < -0.3 is 10.1 Å². The normalized spacial score (nSPS) is 12.4. The van der Waals surface area contributed by atoms with Crippen LogP contribution in [0.4, 0.5) is 0 Å². The Morgan fingerprint density at radius 3 is 2.65 bits per heavy atom. The van der Waals surface area contributed by atoms with Crippen molar-refractivity contribution in [1.29, 1.82) is 0 Å². The standard InChI is InChI=1S/C16H23N3O/c1-11-15(12(2)19(4)18-11)10-16(17-3)13-7-6-8-14(9-13)20-5/h6-9,16-17H,10H2,1-5H3. The van der Waals surface area contributed by atoms with Crippen LogP contribution in [0.3, 0.4) is 0 Å². The van der Waals surface area contributed by atoms with Crippen LogP contribution in [0.2, 0.25) is 0 Å². The van der Waals surface area contributed by atoms with Gasteiger partial charge in [-0.25, -0.2) is 0 Å². The number of likely N-dealkylation sites (N-methyl/N-ethyl adjacent to an activating group) is 1. The first-order valence-electron chi connectivity index (χ1n) is 6.87. The molecule has 1 aromatic carbocycles. The highest BCUT2D eigenvalue weighted by Gasteiger charge is 2.16. The average molecular weight is 273 g/mol. The molecule has 0 aliphatic rings. The van der Waals surface area contributed by atoms with Crippen LogP contribution in [0.15, 0.2) is 24.3 Å². The van der Waals surface area contributed by atoms with E-state index in [2.05, 4.69) is 36.4 Å². The molecule has 0 radical (unpaired) electrons. The molecule has 0 saturated heterocycles. The van der Waals surface area contributed by atoms with Gasteiger partial charge in [-0.15, -0.1) is 0 Å². The molecule has 108 valence electrons. The first-order valence-corrected chi connectivity index (χ1v) is 6.87. The largest absolute Gasteiger partial charge is 0.497 e. The summed E-state index contributed by atoms with van der Waals surface area (Å²) in [6, 6.07) is 8.47. The lowest BCUT2D eigenvalue weighted by Gasteiger charge is -2.17. The van der Waals surface area contributed by atoms with Crippen molar-refractivity contribution in [2.75, 3.05) is 14.2 Å². The van der Waals surface area contributed by atoms with Gasteiger partial charge in [0, 0.05) is 18.8 Å². The molecule has 20 heavy (non-hydrogen) atoms. The van der Waals surface area contributed by atoms with Crippen LogP contribution in [0, 0.1) is 13.8 Å². The van der Waals surface area contributed by atoms with E-state index < -0.39 is 0 Å². The summed E-state index contributed by atoms with van der Waals surface area (Å²) in [6.45, 7) is 4.19. The van der Waals surface area contributed by atoms with Crippen molar-refractivity contribution in [3.63, 3.8) is 0 Å². The van der Waals surface area contributed by atoms with Crippen molar-refractivity contribution in [1.82, 2.24) is 15.1 Å². The smallest absolute Gasteiger partial charge is 0.119 e. The summed E-state index contributed by atoms with van der Waals surface area (Å²) in [5.41, 5.74) is 4.88. The fraction of sp³-hybridized carbons (Fsp3) is 0.438. The number of hydrogen-bond donors (Lipinski definition) is 1. The van der Waals surface area contributed by atoms with Crippen LogP contribution in [0.1, 0.15) is 28.6 Å². The molecule has 1 unspecified atom stereocenters. The van der Waals surface area contributed by atoms with Crippen molar-refractivity contribution in [2.45, 2.75) is 26.3 Å². The first kappa shape index (κ1) is 14.6. The van der Waals surface area contributed by atoms with E-state index in [1.165, 1.54) is 16.8 Å². The van der Waals surface area contributed by atoms with E-state index in [1.54, 1.807) is 7.11 Å². The number of benzene rings is 1. The number of rotatable bonds is 5. The molecule has 0 aliphatic heterocycles. The molecule has 0 bridgehead atoms. The number of methoxy groups -OCH3 is 1. The predicted octanol–water partition coefficient (Wildman–Crippen LogP) is 2.55. The minimum absolute atomic E-state index is 0.256. The molecule has 0 amide bonds. The minimum Gasteiger partial charge on any atom is -0.497 e. The molecule has 2 rings (SSSR count). The molecule has 1 aromatic heterocycles. The molecular weight excluding hydrogens is 250 g/mol. The lowest BCUT2D eigenvalue weighted by atomic mass is 9.97. The lowest BCUT2D eigenvalue weighted by molar-refractivity contribution is 0.413. The van der Waals surface area contributed by atoms with Crippen LogP contribution in [-0.4, -0.2) is 23.9 Å². The summed E-state index contributed by atoms with van der Waals surface area (Å²) in [5.74, 6) is 0.891. The molecule has 1 heterocycles. The Labute approximate surface area is 120 Å². The van der Waals surface area contributed by atoms with E-state index >= 15 is 0 Å². The summed E-state index contributed by atoms with van der Waals surface area (Å²) in [6.07, 6.45) is 0.926. The summed E-state index contributed by atoms with van der Waals surface area (Å²) < 4.78 is 7.25. The SMILES string of the molecule is CNC(Cc1c(C)nn(C)c1C)c1cccc(OC)c1. The summed E-state index contributed by atoms with van der Waals surface area (Å²) in [5, 5.41) is 7.88. The van der Waals surface area contributed by atoms with Gasteiger partial charge in [0.1, 0.15) is 5.75 Å². The van der Waals surface area contributed by atoms with E-state index in [9.17, 15) is 0 Å². The number of ether oxygens (including phenoxy) is 1. The Bertz CT molecular complexity index is 589. The van der Waals surface area contributed by atoms with Crippen LogP contribution in [0.5, 0.6) is 5.75 Å². The number of nitrogens with one attached hydrogen (secondary N) is 1. The summed E-state index contributed by atoms with van der Waals surface area (Å²) in [7, 11) is 5.68. The number of aryl methyl sites for hydroxylation is 2. The minimum atomic E-state index is 0.256. The summed E-state index contributed by atoms with van der Waals surface area (Å²) in [4.78, 5) is 0. The second kappa shape index (κ2) is 6.09. The zero-order chi connectivity index (χ0) is 14.7. The molecule has 0 fully saturated rings. The van der Waals surface area contributed by atoms with E-state index in [-0.39, 0.29) is 6.04 Å². The molecule has 0 saturated carbocycles. The van der Waals surface area contributed by atoms with Crippen molar-refractivity contribution in [3.8, 4) is 5.75 Å². The number of nitrogens with zero attached hydrogens (tertiary/aromatic N) is 2. The average Bonchev–Trinajstić information content (AvgIpc) is 2.70. The van der Waals surface area contributed by atoms with Crippen LogP contribution in [-0.2, 0) is 13.5 Å². The monoisotopic (exact) mass is 273 g/mol. The third kappa shape index (κ3) is 2.85. The molecule has 1 N–H and O–H groups in total. The zero-order valence-electron chi connectivity index (χ0n) is 12.9. The Hall–Kier alpha value is -1.81. The van der Waals surface area contributed by atoms with E-state index in [0.29, 0.717) is 0 Å². The summed E-state index contributed by atoms with van der Waals surface area (Å²) >= 11 is 0. The fourth-order valence-corrected chi connectivity index (χ4v) is 2.56. The Kier molecular flexibility index (Phi) is 4.45. The Balaban J connectivity index is 2.28. The topological polar surface area (TPSA) is 39.1 Å². The van der Waals surface area contributed by atoms with Crippen LogP contribution in [0.25, 0.3) is 0 Å². The molecule has 2 aromatic rings. The van der Waals surface area contributed by atoms with Crippen LogP contribution < -0.4 is 10.1 Å². The van der Waals surface area contributed by atoms with Gasteiger partial charge in [0.05, 0.1) is 12.8 Å². The zero-order valence-corrected chi connectivity index (χ0v) is 12.9. The quantitative estimate of drug-likeness (QED) is 0.910.